The maximum Gasteiger partial charge on any atom is 0.326 e. The number of aromatic hydroxyl groups is 1. The van der Waals surface area contributed by atoms with Crippen LogP contribution in [0.5, 0.6) is 5.75 Å². The Morgan fingerprint density at radius 3 is 2.17 bits per heavy atom. The number of carbonyl (C=O) groups excluding carboxylic acids is 4. The summed E-state index contributed by atoms with van der Waals surface area (Å²) in [5.74, 6) is -4.51. The summed E-state index contributed by atoms with van der Waals surface area (Å²) in [5, 5.41) is 29.4. The third-order valence-corrected chi connectivity index (χ3v) is 5.65. The zero-order valence-electron chi connectivity index (χ0n) is 19.7. The SMILES string of the molecule is CC(C)C(NC(=O)C(Cc1ccc(O)cc1)NC(=O)C(CC(N)=O)NC(=O)C1CCCN1)C(=O)O. The molecule has 1 saturated heterocycles. The molecule has 192 valence electrons. The Kier molecular flexibility index (Phi) is 10.0. The van der Waals surface area contributed by atoms with Gasteiger partial charge in [0, 0.05) is 6.42 Å². The Labute approximate surface area is 203 Å². The van der Waals surface area contributed by atoms with Crippen molar-refractivity contribution in [3.05, 3.63) is 29.8 Å². The molecule has 1 aromatic rings. The van der Waals surface area contributed by atoms with Crippen LogP contribution in [0.1, 0.15) is 38.7 Å². The van der Waals surface area contributed by atoms with E-state index in [4.69, 9.17) is 5.73 Å². The van der Waals surface area contributed by atoms with E-state index in [1.807, 2.05) is 0 Å². The minimum absolute atomic E-state index is 0.00860. The van der Waals surface area contributed by atoms with Crippen LogP contribution in [-0.2, 0) is 30.4 Å². The van der Waals surface area contributed by atoms with Crippen LogP contribution >= 0.6 is 0 Å². The lowest BCUT2D eigenvalue weighted by Crippen LogP contribution is -2.58. The zero-order chi connectivity index (χ0) is 26.1. The Balaban J connectivity index is 2.22. The van der Waals surface area contributed by atoms with E-state index in [0.29, 0.717) is 18.5 Å². The second-order valence-corrected chi connectivity index (χ2v) is 8.88. The molecule has 35 heavy (non-hydrogen) atoms. The highest BCUT2D eigenvalue weighted by molar-refractivity contribution is 5.96. The maximum absolute atomic E-state index is 13.1. The lowest BCUT2D eigenvalue weighted by atomic mass is 10.0. The molecule has 1 aliphatic rings. The summed E-state index contributed by atoms with van der Waals surface area (Å²) in [6.07, 6.45) is 0.847. The van der Waals surface area contributed by atoms with Crippen molar-refractivity contribution in [1.82, 2.24) is 21.3 Å². The molecule has 1 fully saturated rings. The minimum atomic E-state index is -1.32. The van der Waals surface area contributed by atoms with Gasteiger partial charge >= 0.3 is 5.97 Å². The van der Waals surface area contributed by atoms with Gasteiger partial charge in [0.05, 0.1) is 12.5 Å². The molecule has 12 nitrogen and oxygen atoms in total. The molecule has 1 aliphatic heterocycles. The van der Waals surface area contributed by atoms with E-state index in [2.05, 4.69) is 21.3 Å². The van der Waals surface area contributed by atoms with E-state index in [1.165, 1.54) is 12.1 Å². The van der Waals surface area contributed by atoms with Crippen molar-refractivity contribution in [3.8, 4) is 5.75 Å². The number of hydrogen-bond acceptors (Lipinski definition) is 7. The fourth-order valence-corrected chi connectivity index (χ4v) is 3.71. The van der Waals surface area contributed by atoms with Crippen molar-refractivity contribution >= 4 is 29.6 Å². The molecular weight excluding hydrogens is 458 g/mol. The number of phenols is 1. The number of carboxylic acid groups (broad SMARTS) is 1. The standard InChI is InChI=1S/C23H33N5O7/c1-12(2)19(23(34)35)28-22(33)16(10-13-5-7-14(29)8-6-13)26-21(32)17(11-18(24)30)27-20(31)15-4-3-9-25-15/h5-8,12,15-17,19,25,29H,3-4,9-11H2,1-2H3,(H2,24,30)(H,26,32)(H,27,31)(H,28,33)(H,34,35). The number of amides is 4. The summed E-state index contributed by atoms with van der Waals surface area (Å²) < 4.78 is 0. The van der Waals surface area contributed by atoms with Crippen molar-refractivity contribution in [1.29, 1.82) is 0 Å². The zero-order valence-corrected chi connectivity index (χ0v) is 19.7. The van der Waals surface area contributed by atoms with Crippen LogP contribution in [0.3, 0.4) is 0 Å². The Morgan fingerprint density at radius 1 is 1.03 bits per heavy atom. The van der Waals surface area contributed by atoms with Crippen molar-refractivity contribution < 1.29 is 34.2 Å². The predicted octanol–water partition coefficient (Wildman–Crippen LogP) is -1.24. The molecule has 0 spiro atoms. The molecule has 0 aromatic heterocycles. The second-order valence-electron chi connectivity index (χ2n) is 8.88. The highest BCUT2D eigenvalue weighted by Crippen LogP contribution is 2.13. The number of benzene rings is 1. The summed E-state index contributed by atoms with van der Waals surface area (Å²) in [4.78, 5) is 61.7. The summed E-state index contributed by atoms with van der Waals surface area (Å²) in [6.45, 7) is 3.91. The van der Waals surface area contributed by atoms with Gasteiger partial charge in [-0.05, 0) is 43.0 Å². The minimum Gasteiger partial charge on any atom is -0.508 e. The van der Waals surface area contributed by atoms with E-state index in [1.54, 1.807) is 26.0 Å². The summed E-state index contributed by atoms with van der Waals surface area (Å²) >= 11 is 0. The second kappa shape index (κ2) is 12.7. The van der Waals surface area contributed by atoms with Crippen LogP contribution in [0.15, 0.2) is 24.3 Å². The van der Waals surface area contributed by atoms with E-state index < -0.39 is 66.1 Å². The Hall–Kier alpha value is -3.67. The van der Waals surface area contributed by atoms with E-state index in [0.717, 1.165) is 6.42 Å². The van der Waals surface area contributed by atoms with Gasteiger partial charge in [-0.25, -0.2) is 4.79 Å². The van der Waals surface area contributed by atoms with Crippen LogP contribution in [-0.4, -0.2) is 70.5 Å². The van der Waals surface area contributed by atoms with E-state index in [9.17, 15) is 34.2 Å². The number of nitrogens with one attached hydrogen (secondary N) is 4. The first-order chi connectivity index (χ1) is 16.5. The number of phenolic OH excluding ortho intramolecular Hbond substituents is 1. The normalized spacial score (nSPS) is 17.7. The average molecular weight is 492 g/mol. The summed E-state index contributed by atoms with van der Waals surface area (Å²) in [7, 11) is 0. The summed E-state index contributed by atoms with van der Waals surface area (Å²) in [6, 6.07) is 1.66. The molecule has 1 heterocycles. The largest absolute Gasteiger partial charge is 0.508 e. The maximum atomic E-state index is 13.1. The first-order valence-corrected chi connectivity index (χ1v) is 11.4. The lowest BCUT2D eigenvalue weighted by molar-refractivity contribution is -0.143. The molecular formula is C23H33N5O7. The molecule has 0 bridgehead atoms. The first kappa shape index (κ1) is 27.6. The predicted molar refractivity (Wildman–Crippen MR) is 125 cm³/mol. The molecule has 0 saturated carbocycles. The lowest BCUT2D eigenvalue weighted by Gasteiger charge is -2.26. The molecule has 4 atom stereocenters. The fourth-order valence-electron chi connectivity index (χ4n) is 3.71. The average Bonchev–Trinajstić information content (AvgIpc) is 3.32. The molecule has 12 heteroatoms. The number of hydrogen-bond donors (Lipinski definition) is 7. The number of aliphatic carboxylic acids is 1. The summed E-state index contributed by atoms with van der Waals surface area (Å²) in [5.41, 5.74) is 5.84. The van der Waals surface area contributed by atoms with Gasteiger partial charge in [-0.1, -0.05) is 26.0 Å². The highest BCUT2D eigenvalue weighted by atomic mass is 16.4. The van der Waals surface area contributed by atoms with Gasteiger partial charge < -0.3 is 37.2 Å². The third-order valence-electron chi connectivity index (χ3n) is 5.65. The van der Waals surface area contributed by atoms with E-state index in [-0.39, 0.29) is 12.2 Å². The highest BCUT2D eigenvalue weighted by Gasteiger charge is 2.33. The van der Waals surface area contributed by atoms with Crippen LogP contribution < -0.4 is 27.0 Å². The topological polar surface area (TPSA) is 200 Å². The van der Waals surface area contributed by atoms with Gasteiger partial charge in [0.15, 0.2) is 0 Å². The molecule has 4 amide bonds. The smallest absolute Gasteiger partial charge is 0.326 e. The number of rotatable bonds is 12. The number of primary amides is 1. The molecule has 2 rings (SSSR count). The Bertz CT molecular complexity index is 929. The number of carboxylic acids is 1. The molecule has 0 aliphatic carbocycles. The van der Waals surface area contributed by atoms with Crippen molar-refractivity contribution in [2.45, 2.75) is 63.7 Å². The van der Waals surface area contributed by atoms with Gasteiger partial charge in [-0.2, -0.15) is 0 Å². The van der Waals surface area contributed by atoms with E-state index >= 15 is 0 Å². The van der Waals surface area contributed by atoms with Crippen LogP contribution in [0.2, 0.25) is 0 Å². The quantitative estimate of drug-likeness (QED) is 0.188. The van der Waals surface area contributed by atoms with Gasteiger partial charge in [0.2, 0.25) is 23.6 Å². The number of nitrogens with two attached hydrogens (primary N) is 1. The van der Waals surface area contributed by atoms with Crippen LogP contribution in [0.25, 0.3) is 0 Å². The van der Waals surface area contributed by atoms with Gasteiger partial charge in [0.1, 0.15) is 23.9 Å². The van der Waals surface area contributed by atoms with Crippen molar-refractivity contribution in [2.75, 3.05) is 6.54 Å². The first-order valence-electron chi connectivity index (χ1n) is 11.4. The molecule has 0 radical (unpaired) electrons. The molecule has 1 aromatic carbocycles. The molecule has 8 N–H and O–H groups in total. The van der Waals surface area contributed by atoms with Crippen molar-refractivity contribution in [3.63, 3.8) is 0 Å². The van der Waals surface area contributed by atoms with Gasteiger partial charge in [-0.15, -0.1) is 0 Å². The van der Waals surface area contributed by atoms with Gasteiger partial charge in [-0.3, -0.25) is 19.2 Å². The van der Waals surface area contributed by atoms with Crippen LogP contribution in [0, 0.1) is 5.92 Å². The Morgan fingerprint density at radius 2 is 1.66 bits per heavy atom. The molecule has 4 unspecified atom stereocenters. The van der Waals surface area contributed by atoms with Crippen molar-refractivity contribution in [2.24, 2.45) is 11.7 Å². The van der Waals surface area contributed by atoms with Crippen LogP contribution in [0.4, 0.5) is 0 Å². The fraction of sp³-hybridized carbons (Fsp3) is 0.522. The number of carbonyl (C=O) groups is 5. The third kappa shape index (κ3) is 8.56. The monoisotopic (exact) mass is 491 g/mol. The van der Waals surface area contributed by atoms with Gasteiger partial charge in [0.25, 0.3) is 0 Å².